The van der Waals surface area contributed by atoms with Crippen molar-refractivity contribution >= 4 is 5.78 Å². The molecule has 0 saturated heterocycles. The number of aliphatic hydroxyl groups is 1. The van der Waals surface area contributed by atoms with Crippen LogP contribution >= 0.6 is 0 Å². The molecule has 0 aromatic heterocycles. The van der Waals surface area contributed by atoms with Crippen molar-refractivity contribution < 1.29 is 14.6 Å². The fourth-order valence-electron chi connectivity index (χ4n) is 5.55. The van der Waals surface area contributed by atoms with Gasteiger partial charge in [-0.3, -0.25) is 4.79 Å². The fourth-order valence-corrected chi connectivity index (χ4v) is 5.55. The van der Waals surface area contributed by atoms with Gasteiger partial charge in [-0.05, 0) is 62.3 Å². The highest BCUT2D eigenvalue weighted by molar-refractivity contribution is 6.06. The Bertz CT molecular complexity index is 739. The number of Topliss-reactive ketones (excluding diaryl/α,β-unsaturated/α-hetero) is 1. The van der Waals surface area contributed by atoms with Gasteiger partial charge in [-0.1, -0.05) is 96.5 Å². The Kier molecular flexibility index (Phi) is 13.4. The first-order valence-electron chi connectivity index (χ1n) is 14.3. The Labute approximate surface area is 210 Å². The predicted octanol–water partition coefficient (Wildman–Crippen LogP) is 8.08. The molecule has 2 rings (SSSR count). The Morgan fingerprint density at radius 3 is 1.91 bits per heavy atom. The molecule has 0 unspecified atom stereocenters. The van der Waals surface area contributed by atoms with Crippen LogP contribution in [0.5, 0.6) is 0 Å². The zero-order valence-electron chi connectivity index (χ0n) is 22.8. The zero-order chi connectivity index (χ0) is 24.8. The van der Waals surface area contributed by atoms with Crippen LogP contribution < -0.4 is 0 Å². The van der Waals surface area contributed by atoms with Crippen molar-refractivity contribution in [2.75, 3.05) is 19.8 Å². The zero-order valence-corrected chi connectivity index (χ0v) is 22.8. The molecule has 1 aliphatic carbocycles. The molecule has 0 radical (unpaired) electrons. The average molecular weight is 473 g/mol. The first-order chi connectivity index (χ1) is 16.4. The van der Waals surface area contributed by atoms with E-state index in [4.69, 9.17) is 4.74 Å². The molecule has 0 heterocycles. The Balaban J connectivity index is 1.51. The van der Waals surface area contributed by atoms with Gasteiger partial charge in [0.2, 0.25) is 0 Å². The van der Waals surface area contributed by atoms with E-state index in [2.05, 4.69) is 26.8 Å². The molecule has 0 amide bonds. The van der Waals surface area contributed by atoms with Crippen LogP contribution in [0.4, 0.5) is 0 Å². The van der Waals surface area contributed by atoms with Gasteiger partial charge in [-0.15, -0.1) is 0 Å². The van der Waals surface area contributed by atoms with Crippen molar-refractivity contribution in [3.63, 3.8) is 0 Å². The van der Waals surface area contributed by atoms with Gasteiger partial charge in [0.25, 0.3) is 0 Å². The monoisotopic (exact) mass is 472 g/mol. The number of fused-ring (bicyclic) bond motifs is 1. The second-order valence-corrected chi connectivity index (χ2v) is 11.0. The minimum atomic E-state index is -0.650. The second-order valence-electron chi connectivity index (χ2n) is 11.0. The lowest BCUT2D eigenvalue weighted by Crippen LogP contribution is -2.28. The normalized spacial score (nSPS) is 17.5. The van der Waals surface area contributed by atoms with Crippen molar-refractivity contribution in [2.24, 2.45) is 5.41 Å². The van der Waals surface area contributed by atoms with Crippen molar-refractivity contribution in [3.05, 3.63) is 33.9 Å². The molecule has 0 fully saturated rings. The lowest BCUT2D eigenvalue weighted by atomic mass is 9.86. The molecule has 1 aromatic carbocycles. The largest absolute Gasteiger partial charge is 0.395 e. The van der Waals surface area contributed by atoms with Crippen LogP contribution in [-0.4, -0.2) is 30.7 Å². The third-order valence-electron chi connectivity index (χ3n) is 7.86. The number of ether oxygens (including phenoxy) is 1. The summed E-state index contributed by atoms with van der Waals surface area (Å²) in [4.78, 5) is 12.9. The first-order valence-corrected chi connectivity index (χ1v) is 14.3. The topological polar surface area (TPSA) is 46.5 Å². The highest BCUT2D eigenvalue weighted by Gasteiger charge is 2.42. The van der Waals surface area contributed by atoms with Crippen LogP contribution in [0.15, 0.2) is 6.07 Å². The number of carbonyl (C=O) groups is 1. The number of benzene rings is 1. The lowest BCUT2D eigenvalue weighted by Gasteiger charge is -2.18. The van der Waals surface area contributed by atoms with E-state index >= 15 is 0 Å². The van der Waals surface area contributed by atoms with Crippen molar-refractivity contribution in [3.8, 4) is 0 Å². The first kappa shape index (κ1) is 29.0. The standard InChI is InChI=1S/C31H52O3/c1-5-6-7-8-9-10-11-12-13-14-15-16-17-18-20-34-21-19-28-25(2)22-27-23-31(4,24-32)30(33)29(27)26(28)3/h22,32H,5-21,23-24H2,1-4H3/t31-/m0/s1. The van der Waals surface area contributed by atoms with Gasteiger partial charge >= 0.3 is 0 Å². The third kappa shape index (κ3) is 8.79. The maximum Gasteiger partial charge on any atom is 0.171 e. The van der Waals surface area contributed by atoms with Crippen molar-refractivity contribution in [1.82, 2.24) is 0 Å². The highest BCUT2D eigenvalue weighted by atomic mass is 16.5. The second kappa shape index (κ2) is 15.7. The summed E-state index contributed by atoms with van der Waals surface area (Å²) >= 11 is 0. The van der Waals surface area contributed by atoms with Gasteiger partial charge in [0.1, 0.15) is 0 Å². The number of aryl methyl sites for hydroxylation is 1. The quantitative estimate of drug-likeness (QED) is 0.207. The highest BCUT2D eigenvalue weighted by Crippen LogP contribution is 2.39. The van der Waals surface area contributed by atoms with Crippen LogP contribution in [-0.2, 0) is 17.6 Å². The van der Waals surface area contributed by atoms with Gasteiger partial charge in [0.05, 0.1) is 18.6 Å². The molecule has 34 heavy (non-hydrogen) atoms. The molecule has 3 heteroatoms. The number of rotatable bonds is 19. The van der Waals surface area contributed by atoms with E-state index in [0.29, 0.717) is 13.0 Å². The van der Waals surface area contributed by atoms with Crippen LogP contribution in [0.1, 0.15) is 136 Å². The summed E-state index contributed by atoms with van der Waals surface area (Å²) in [5.41, 5.74) is 4.88. The van der Waals surface area contributed by atoms with Gasteiger partial charge in [0.15, 0.2) is 5.78 Å². The molecule has 3 nitrogen and oxygen atoms in total. The smallest absolute Gasteiger partial charge is 0.171 e. The minimum absolute atomic E-state index is 0.0867. The summed E-state index contributed by atoms with van der Waals surface area (Å²) < 4.78 is 5.94. The Hall–Kier alpha value is -1.19. The van der Waals surface area contributed by atoms with E-state index in [9.17, 15) is 9.90 Å². The van der Waals surface area contributed by atoms with Crippen molar-refractivity contribution in [1.29, 1.82) is 0 Å². The van der Waals surface area contributed by atoms with Gasteiger partial charge < -0.3 is 9.84 Å². The lowest BCUT2D eigenvalue weighted by molar-refractivity contribution is 0.0721. The predicted molar refractivity (Wildman–Crippen MR) is 144 cm³/mol. The fraction of sp³-hybridized carbons (Fsp3) is 0.774. The summed E-state index contributed by atoms with van der Waals surface area (Å²) in [5, 5.41) is 9.72. The number of ketones is 1. The number of hydrogen-bond donors (Lipinski definition) is 1. The van der Waals surface area contributed by atoms with Crippen LogP contribution in [0.3, 0.4) is 0 Å². The van der Waals surface area contributed by atoms with Gasteiger partial charge in [0, 0.05) is 12.2 Å². The number of aliphatic hydroxyl groups excluding tert-OH is 1. The molecule has 1 atom stereocenters. The maximum atomic E-state index is 12.9. The molecule has 0 bridgehead atoms. The molecule has 1 N–H and O–H groups in total. The Morgan fingerprint density at radius 1 is 0.853 bits per heavy atom. The summed E-state index contributed by atoms with van der Waals surface area (Å²) in [6, 6.07) is 2.16. The third-order valence-corrected chi connectivity index (χ3v) is 7.86. The van der Waals surface area contributed by atoms with E-state index in [0.717, 1.165) is 36.1 Å². The minimum Gasteiger partial charge on any atom is -0.395 e. The summed E-state index contributed by atoms with van der Waals surface area (Å²) in [6.07, 6.45) is 20.7. The number of unbranched alkanes of at least 4 members (excludes halogenated alkanes) is 13. The van der Waals surface area contributed by atoms with E-state index in [1.54, 1.807) is 0 Å². The van der Waals surface area contributed by atoms with Gasteiger partial charge in [-0.2, -0.15) is 0 Å². The Morgan fingerprint density at radius 2 is 1.38 bits per heavy atom. The SMILES string of the molecule is CCCCCCCCCCCCCCCCOCCc1c(C)cc2c(c1C)C(=O)[C@](C)(CO)C2. The van der Waals surface area contributed by atoms with E-state index in [1.165, 1.54) is 94.6 Å². The van der Waals surface area contributed by atoms with Crippen LogP contribution in [0.25, 0.3) is 0 Å². The van der Waals surface area contributed by atoms with Gasteiger partial charge in [-0.25, -0.2) is 0 Å². The summed E-state index contributed by atoms with van der Waals surface area (Å²) in [6.45, 7) is 9.82. The average Bonchev–Trinajstić information content (AvgIpc) is 3.07. The van der Waals surface area contributed by atoms with Crippen molar-refractivity contribution in [2.45, 2.75) is 130 Å². The van der Waals surface area contributed by atoms with Crippen LogP contribution in [0, 0.1) is 19.3 Å². The molecular formula is C31H52O3. The molecule has 0 aliphatic heterocycles. The number of carbonyl (C=O) groups excluding carboxylic acids is 1. The molecular weight excluding hydrogens is 420 g/mol. The number of hydrogen-bond acceptors (Lipinski definition) is 3. The van der Waals surface area contributed by atoms with E-state index in [-0.39, 0.29) is 12.4 Å². The molecule has 194 valence electrons. The molecule has 0 spiro atoms. The molecule has 1 aromatic rings. The van der Waals surface area contributed by atoms with Crippen LogP contribution in [0.2, 0.25) is 0 Å². The molecule has 1 aliphatic rings. The van der Waals surface area contributed by atoms with E-state index in [1.807, 2.05) is 6.92 Å². The molecule has 0 saturated carbocycles. The maximum absolute atomic E-state index is 12.9. The summed E-state index contributed by atoms with van der Waals surface area (Å²) in [7, 11) is 0. The van der Waals surface area contributed by atoms with E-state index < -0.39 is 5.41 Å². The summed E-state index contributed by atoms with van der Waals surface area (Å²) in [5.74, 6) is 0.104.